The van der Waals surface area contributed by atoms with E-state index < -0.39 is 39.1 Å². The van der Waals surface area contributed by atoms with Crippen molar-refractivity contribution < 1.29 is 43.1 Å². The second kappa shape index (κ2) is 9.95. The fraction of sp³-hybridized carbons (Fsp3) is 0.333. The number of aromatic nitrogens is 1. The largest absolute Gasteiger partial charge is 0.480 e. The van der Waals surface area contributed by atoms with Gasteiger partial charge < -0.3 is 19.6 Å². The molecule has 0 aliphatic rings. The molecule has 1 rings (SSSR count). The van der Waals surface area contributed by atoms with Crippen molar-refractivity contribution in [2.45, 2.75) is 13.5 Å². The summed E-state index contributed by atoms with van der Waals surface area (Å²) in [6.45, 7) is 2.90. The molecule has 0 aromatic carbocycles. The maximum atomic E-state index is 12.1. The summed E-state index contributed by atoms with van der Waals surface area (Å²) in [5, 5.41) is 9.01. The minimum absolute atomic E-state index is 0.171. The fourth-order valence-electron chi connectivity index (χ4n) is 2.03. The van der Waals surface area contributed by atoms with E-state index in [1.165, 1.54) is 37.2 Å². The summed E-state index contributed by atoms with van der Waals surface area (Å²) in [6.07, 6.45) is 0.217. The third-order valence-corrected chi connectivity index (χ3v) is 3.65. The molecule has 1 aromatic heterocycles. The third-order valence-electron chi connectivity index (χ3n) is 3.20. The second-order valence-electron chi connectivity index (χ2n) is 5.53. The van der Waals surface area contributed by atoms with Crippen LogP contribution in [0, 0.1) is 0 Å². The lowest BCUT2D eigenvalue weighted by Gasteiger charge is -2.24. The molecule has 0 fully saturated rings. The minimum atomic E-state index is -4.86. The number of amides is 2. The Hall–Kier alpha value is -2.79. The molecule has 0 bridgehead atoms. The zero-order valence-corrected chi connectivity index (χ0v) is 16.0. The van der Waals surface area contributed by atoms with Gasteiger partial charge in [0.15, 0.2) is 0 Å². The van der Waals surface area contributed by atoms with Crippen molar-refractivity contribution in [3.63, 3.8) is 0 Å². The summed E-state index contributed by atoms with van der Waals surface area (Å²) in [5.41, 5.74) is 0.573. The van der Waals surface area contributed by atoms with Crippen molar-refractivity contribution in [3.8, 4) is 0 Å². The monoisotopic (exact) mass is 417 g/mol. The Morgan fingerprint density at radius 3 is 2.50 bits per heavy atom. The van der Waals surface area contributed by atoms with Gasteiger partial charge in [0.1, 0.15) is 12.4 Å². The highest BCUT2D eigenvalue weighted by Crippen LogP contribution is 2.35. The van der Waals surface area contributed by atoms with Crippen LogP contribution in [0.2, 0.25) is 0 Å². The predicted octanol–water partition coefficient (Wildman–Crippen LogP) is 0.710. The number of phosphoric ester groups is 1. The van der Waals surface area contributed by atoms with Crippen LogP contribution in [-0.4, -0.2) is 63.1 Å². The van der Waals surface area contributed by atoms with Crippen LogP contribution in [0.25, 0.3) is 0 Å². The van der Waals surface area contributed by atoms with Crippen molar-refractivity contribution in [3.05, 3.63) is 36.0 Å². The molecule has 0 atom stereocenters. The van der Waals surface area contributed by atoms with Crippen molar-refractivity contribution in [1.29, 1.82) is 0 Å². The molecular weight excluding hydrogens is 397 g/mol. The minimum Gasteiger partial charge on any atom is -0.480 e. The second-order valence-corrected chi connectivity index (χ2v) is 6.77. The van der Waals surface area contributed by atoms with E-state index in [1.54, 1.807) is 0 Å². The first-order valence-electron chi connectivity index (χ1n) is 7.63. The summed E-state index contributed by atoms with van der Waals surface area (Å²) in [4.78, 5) is 58.4. The molecule has 0 aliphatic heterocycles. The molecule has 0 saturated heterocycles. The highest BCUT2D eigenvalue weighted by molar-refractivity contribution is 7.46. The van der Waals surface area contributed by atoms with Crippen LogP contribution in [0.3, 0.4) is 0 Å². The van der Waals surface area contributed by atoms with Gasteiger partial charge in [-0.25, -0.2) is 18.9 Å². The number of pyridine rings is 1. The van der Waals surface area contributed by atoms with Gasteiger partial charge in [-0.1, -0.05) is 12.6 Å². The topological polar surface area (TPSA) is 167 Å². The molecule has 13 heteroatoms. The number of anilines is 1. The Kier molecular flexibility index (Phi) is 8.26. The number of likely N-dealkylation sites (N-methyl/N-ethyl adjacent to an activating group) is 1. The van der Waals surface area contributed by atoms with Gasteiger partial charge in [0.25, 0.3) is 5.91 Å². The number of carboxylic acid groups (broad SMARTS) is 1. The quantitative estimate of drug-likeness (QED) is 0.296. The van der Waals surface area contributed by atoms with Crippen LogP contribution in [0.5, 0.6) is 0 Å². The Morgan fingerprint density at radius 2 is 1.96 bits per heavy atom. The number of hydrogen-bond acceptors (Lipinski definition) is 7. The fourth-order valence-corrected chi connectivity index (χ4v) is 2.22. The Morgan fingerprint density at radius 1 is 1.32 bits per heavy atom. The smallest absolute Gasteiger partial charge is 0.472 e. The van der Waals surface area contributed by atoms with Crippen molar-refractivity contribution in [2.24, 2.45) is 0 Å². The summed E-state index contributed by atoms with van der Waals surface area (Å²) in [7, 11) is -3.42. The average molecular weight is 417 g/mol. The lowest BCUT2D eigenvalue weighted by molar-refractivity contribution is -0.138. The van der Waals surface area contributed by atoms with Crippen molar-refractivity contribution >= 4 is 31.6 Å². The van der Waals surface area contributed by atoms with Crippen LogP contribution in [0.1, 0.15) is 12.5 Å². The van der Waals surface area contributed by atoms with Crippen LogP contribution < -0.4 is 4.90 Å². The predicted molar refractivity (Wildman–Crippen MR) is 95.0 cm³/mol. The molecule has 0 unspecified atom stereocenters. The van der Waals surface area contributed by atoms with Gasteiger partial charge in [-0.3, -0.25) is 19.4 Å². The van der Waals surface area contributed by atoms with E-state index in [0.29, 0.717) is 5.56 Å². The van der Waals surface area contributed by atoms with Crippen LogP contribution in [0.15, 0.2) is 30.5 Å². The van der Waals surface area contributed by atoms with Crippen molar-refractivity contribution in [1.82, 2.24) is 9.88 Å². The molecule has 3 N–H and O–H groups in total. The number of hydrogen-bond donors (Lipinski definition) is 3. The number of carbonyl (C=O) groups is 3. The average Bonchev–Trinajstić information content (AvgIpc) is 2.58. The molecule has 2 amide bonds. The van der Waals surface area contributed by atoms with Gasteiger partial charge in [-0.2, -0.15) is 0 Å². The number of nitrogens with zero attached hydrogens (tertiary/aromatic N) is 3. The van der Waals surface area contributed by atoms with Crippen LogP contribution in [-0.2, 0) is 30.0 Å². The van der Waals surface area contributed by atoms with Gasteiger partial charge in [0.2, 0.25) is 6.79 Å². The van der Waals surface area contributed by atoms with E-state index in [-0.39, 0.29) is 17.9 Å². The first-order valence-corrected chi connectivity index (χ1v) is 9.16. The first-order chi connectivity index (χ1) is 12.9. The van der Waals surface area contributed by atoms with Crippen LogP contribution in [0.4, 0.5) is 10.6 Å². The molecular formula is C15H20N3O9P. The molecule has 0 saturated carbocycles. The molecule has 12 nitrogen and oxygen atoms in total. The van der Waals surface area contributed by atoms with Gasteiger partial charge >= 0.3 is 19.9 Å². The van der Waals surface area contributed by atoms with Crippen LogP contribution >= 0.6 is 7.82 Å². The number of ether oxygens (including phenoxy) is 1. The standard InChI is InChI=1S/C15H20N3O9P/c1-10(2)14(21)17(3)13-11(5-4-6-16-13)7-18(8-12(19)20)15(22)26-9-27-28(23,24)25/h4-6H,1,7-9H2,2-3H3,(H,19,20)(H2,23,24,25). The zero-order valence-electron chi connectivity index (χ0n) is 15.1. The van der Waals surface area contributed by atoms with E-state index in [1.807, 2.05) is 0 Å². The van der Waals surface area contributed by atoms with Gasteiger partial charge in [-0.15, -0.1) is 0 Å². The number of aliphatic carboxylic acids is 1. The van der Waals surface area contributed by atoms with Gasteiger partial charge in [0.05, 0.1) is 6.54 Å². The normalized spacial score (nSPS) is 10.9. The van der Waals surface area contributed by atoms with E-state index >= 15 is 0 Å². The van der Waals surface area contributed by atoms with Gasteiger partial charge in [0, 0.05) is 24.4 Å². The highest BCUT2D eigenvalue weighted by Gasteiger charge is 2.24. The lowest BCUT2D eigenvalue weighted by atomic mass is 10.2. The summed E-state index contributed by atoms with van der Waals surface area (Å²) in [5.74, 6) is -1.61. The summed E-state index contributed by atoms with van der Waals surface area (Å²) >= 11 is 0. The van der Waals surface area contributed by atoms with E-state index in [0.717, 1.165) is 4.90 Å². The molecule has 0 radical (unpaired) electrons. The third kappa shape index (κ3) is 7.45. The maximum Gasteiger partial charge on any atom is 0.472 e. The van der Waals surface area contributed by atoms with E-state index in [9.17, 15) is 18.9 Å². The Labute approximate surface area is 160 Å². The lowest BCUT2D eigenvalue weighted by Crippen LogP contribution is -2.37. The number of carboxylic acids is 1. The van der Waals surface area contributed by atoms with E-state index in [4.69, 9.17) is 14.9 Å². The molecule has 0 aliphatic carbocycles. The molecule has 154 valence electrons. The molecule has 1 heterocycles. The molecule has 28 heavy (non-hydrogen) atoms. The summed E-state index contributed by atoms with van der Waals surface area (Å²) in [6, 6.07) is 3.05. The Balaban J connectivity index is 3.02. The summed E-state index contributed by atoms with van der Waals surface area (Å²) < 4.78 is 19.1. The maximum absolute atomic E-state index is 12.1. The molecule has 0 spiro atoms. The number of phosphoric acid groups is 1. The van der Waals surface area contributed by atoms with E-state index in [2.05, 4.69) is 20.8 Å². The zero-order chi connectivity index (χ0) is 21.5. The first kappa shape index (κ1) is 23.2. The number of rotatable bonds is 9. The molecule has 1 aromatic rings. The van der Waals surface area contributed by atoms with Gasteiger partial charge in [-0.05, 0) is 13.0 Å². The number of carbonyl (C=O) groups excluding carboxylic acids is 2. The highest BCUT2D eigenvalue weighted by atomic mass is 31.2. The SMILES string of the molecule is C=C(C)C(=O)N(C)c1ncccc1CN(CC(=O)O)C(=O)OCOP(=O)(O)O. The Bertz CT molecular complexity index is 808. The van der Waals surface area contributed by atoms with Crippen molar-refractivity contribution in [2.75, 3.05) is 25.3 Å².